The number of nitrogens with zero attached hydrogens (tertiary/aromatic N) is 3. The van der Waals surface area contributed by atoms with Crippen molar-refractivity contribution in [2.75, 3.05) is 0 Å². The minimum atomic E-state index is -0.625. The zero-order valence-corrected chi connectivity index (χ0v) is 11.6. The van der Waals surface area contributed by atoms with E-state index in [-0.39, 0.29) is 5.91 Å². The van der Waals surface area contributed by atoms with Crippen LogP contribution in [0.4, 0.5) is 0 Å². The van der Waals surface area contributed by atoms with Gasteiger partial charge in [-0.15, -0.1) is 0 Å². The molecular weight excluding hydrogens is 274 g/mol. The van der Waals surface area contributed by atoms with Crippen LogP contribution in [-0.4, -0.2) is 15.5 Å². The summed E-state index contributed by atoms with van der Waals surface area (Å²) in [6, 6.07) is 19.2. The Labute approximate surface area is 126 Å². The fraction of sp³-hybridized carbons (Fsp3) is 0.0556. The van der Waals surface area contributed by atoms with Crippen LogP contribution in [0.3, 0.4) is 0 Å². The van der Waals surface area contributed by atoms with E-state index in [0.29, 0.717) is 11.4 Å². The Hall–Kier alpha value is -3.19. The highest BCUT2D eigenvalue weighted by atomic mass is 16.2. The van der Waals surface area contributed by atoms with Gasteiger partial charge in [-0.25, -0.2) is 4.98 Å². The summed E-state index contributed by atoms with van der Waals surface area (Å²) in [5.74, 6) is -0.282. The molecule has 0 spiro atoms. The summed E-state index contributed by atoms with van der Waals surface area (Å²) >= 11 is 0. The van der Waals surface area contributed by atoms with Gasteiger partial charge in [0.05, 0.1) is 17.1 Å². The lowest BCUT2D eigenvalue weighted by atomic mass is 10.00. The quantitative estimate of drug-likeness (QED) is 0.644. The van der Waals surface area contributed by atoms with Crippen LogP contribution in [0.15, 0.2) is 60.2 Å². The molecule has 1 unspecified atom stereocenters. The molecule has 2 aromatic carbocycles. The van der Waals surface area contributed by atoms with Gasteiger partial charge in [-0.3, -0.25) is 9.36 Å². The fourth-order valence-corrected chi connectivity index (χ4v) is 2.84. The summed E-state index contributed by atoms with van der Waals surface area (Å²) in [4.78, 5) is 17.2. The van der Waals surface area contributed by atoms with Crippen molar-refractivity contribution in [3.8, 4) is 6.07 Å². The number of hydrogen-bond acceptors (Lipinski definition) is 3. The van der Waals surface area contributed by atoms with Gasteiger partial charge in [0.25, 0.3) is 5.91 Å². The number of para-hydroxylation sites is 2. The molecule has 0 saturated carbocycles. The van der Waals surface area contributed by atoms with Crippen LogP contribution >= 0.6 is 0 Å². The van der Waals surface area contributed by atoms with E-state index < -0.39 is 5.92 Å². The van der Waals surface area contributed by atoms with Crippen molar-refractivity contribution >= 4 is 23.0 Å². The Morgan fingerprint density at radius 1 is 1.09 bits per heavy atom. The maximum absolute atomic E-state index is 12.7. The van der Waals surface area contributed by atoms with Crippen molar-refractivity contribution in [1.29, 1.82) is 5.26 Å². The number of carbonyl (C=O) groups excluding carboxylic acids is 1. The number of nitriles is 1. The first-order valence-electron chi connectivity index (χ1n) is 6.98. The van der Waals surface area contributed by atoms with Crippen LogP contribution in [0.1, 0.15) is 22.1 Å². The number of rotatable bonds is 1. The number of fused-ring (bicyclic) bond motifs is 3. The molecule has 1 aromatic heterocycles. The summed E-state index contributed by atoms with van der Waals surface area (Å²) in [5, 5.41) is 9.51. The van der Waals surface area contributed by atoms with Gasteiger partial charge in [-0.1, -0.05) is 42.5 Å². The molecule has 22 heavy (non-hydrogen) atoms. The molecular formula is C18H11N3O. The van der Waals surface area contributed by atoms with Crippen molar-refractivity contribution in [3.05, 3.63) is 71.6 Å². The first-order valence-corrected chi connectivity index (χ1v) is 6.98. The second-order valence-electron chi connectivity index (χ2n) is 5.17. The summed E-state index contributed by atoms with van der Waals surface area (Å²) in [5.41, 5.74) is 2.87. The molecule has 4 heteroatoms. The Morgan fingerprint density at radius 2 is 1.82 bits per heavy atom. The van der Waals surface area contributed by atoms with Crippen LogP contribution in [-0.2, 0) is 0 Å². The molecule has 0 bridgehead atoms. The smallest absolute Gasteiger partial charge is 0.261 e. The van der Waals surface area contributed by atoms with E-state index in [4.69, 9.17) is 0 Å². The fourth-order valence-electron chi connectivity index (χ4n) is 2.84. The Kier molecular flexibility index (Phi) is 2.67. The van der Waals surface area contributed by atoms with Gasteiger partial charge in [0.1, 0.15) is 11.7 Å². The van der Waals surface area contributed by atoms with Gasteiger partial charge in [0.15, 0.2) is 0 Å². The second-order valence-corrected chi connectivity index (χ2v) is 5.17. The van der Waals surface area contributed by atoms with Crippen molar-refractivity contribution in [3.63, 3.8) is 0 Å². The molecule has 2 heterocycles. The van der Waals surface area contributed by atoms with Crippen LogP contribution < -0.4 is 0 Å². The van der Waals surface area contributed by atoms with E-state index in [1.54, 1.807) is 10.6 Å². The zero-order valence-electron chi connectivity index (χ0n) is 11.6. The number of hydrogen-bond donors (Lipinski definition) is 0. The lowest BCUT2D eigenvalue weighted by molar-refractivity contribution is 0.0970. The summed E-state index contributed by atoms with van der Waals surface area (Å²) in [7, 11) is 0. The average Bonchev–Trinajstić information content (AvgIpc) is 3.04. The summed E-state index contributed by atoms with van der Waals surface area (Å²) < 4.78 is 1.55. The third-order valence-electron chi connectivity index (χ3n) is 3.86. The molecule has 0 aliphatic carbocycles. The molecule has 0 amide bonds. The van der Waals surface area contributed by atoms with Gasteiger partial charge in [0.2, 0.25) is 0 Å². The summed E-state index contributed by atoms with van der Waals surface area (Å²) in [6.45, 7) is 0. The molecule has 104 valence electrons. The van der Waals surface area contributed by atoms with Crippen LogP contribution in [0.25, 0.3) is 17.1 Å². The molecule has 0 fully saturated rings. The molecule has 0 N–H and O–H groups in total. The third kappa shape index (κ3) is 1.69. The first-order chi connectivity index (χ1) is 10.8. The molecule has 0 radical (unpaired) electrons. The minimum absolute atomic E-state index is 0.167. The minimum Gasteiger partial charge on any atom is -0.269 e. The van der Waals surface area contributed by atoms with Crippen molar-refractivity contribution in [2.45, 2.75) is 5.92 Å². The van der Waals surface area contributed by atoms with E-state index >= 15 is 0 Å². The highest BCUT2D eigenvalue weighted by Gasteiger charge is 2.37. The lowest BCUT2D eigenvalue weighted by Gasteiger charge is -2.01. The lowest BCUT2D eigenvalue weighted by Crippen LogP contribution is -2.06. The number of carbonyl (C=O) groups is 1. The van der Waals surface area contributed by atoms with E-state index in [2.05, 4.69) is 11.1 Å². The predicted octanol–water partition coefficient (Wildman–Crippen LogP) is 3.38. The van der Waals surface area contributed by atoms with E-state index in [0.717, 1.165) is 16.6 Å². The standard InChI is InChI=1S/C18H11N3O/c19-11-14-13(10-12-6-2-1-3-7-12)18(22)21-16-9-5-4-8-15(16)20-17(14)21/h1-10,14H/b13-10+. The Bertz CT molecular complexity index is 961. The topological polar surface area (TPSA) is 58.7 Å². The maximum atomic E-state index is 12.7. The Morgan fingerprint density at radius 3 is 2.59 bits per heavy atom. The van der Waals surface area contributed by atoms with Gasteiger partial charge >= 0.3 is 0 Å². The second kappa shape index (κ2) is 4.68. The van der Waals surface area contributed by atoms with Crippen LogP contribution in [0.5, 0.6) is 0 Å². The van der Waals surface area contributed by atoms with Crippen molar-refractivity contribution in [2.24, 2.45) is 0 Å². The Balaban J connectivity index is 1.92. The molecule has 4 rings (SSSR count). The molecule has 1 aliphatic heterocycles. The summed E-state index contributed by atoms with van der Waals surface area (Å²) in [6.07, 6.45) is 1.78. The number of aromatic nitrogens is 2. The number of allylic oxidation sites excluding steroid dienone is 1. The predicted molar refractivity (Wildman–Crippen MR) is 83.1 cm³/mol. The largest absolute Gasteiger partial charge is 0.269 e. The number of benzene rings is 2. The highest BCUT2D eigenvalue weighted by molar-refractivity contribution is 6.09. The van der Waals surface area contributed by atoms with Gasteiger partial charge < -0.3 is 0 Å². The molecule has 1 atom stereocenters. The van der Waals surface area contributed by atoms with Crippen LogP contribution in [0.2, 0.25) is 0 Å². The molecule has 4 nitrogen and oxygen atoms in total. The van der Waals surface area contributed by atoms with Gasteiger partial charge in [0, 0.05) is 5.57 Å². The first kappa shape index (κ1) is 12.5. The van der Waals surface area contributed by atoms with Crippen molar-refractivity contribution < 1.29 is 4.79 Å². The van der Waals surface area contributed by atoms with E-state index in [1.807, 2.05) is 54.6 Å². The zero-order chi connectivity index (χ0) is 15.1. The number of imidazole rings is 1. The SMILES string of the molecule is N#CC1/C(=C\c2ccccc2)C(=O)n2c1nc1ccccc12. The average molecular weight is 285 g/mol. The van der Waals surface area contributed by atoms with E-state index in [1.165, 1.54) is 0 Å². The van der Waals surface area contributed by atoms with Crippen LogP contribution in [0, 0.1) is 11.3 Å². The highest BCUT2D eigenvalue weighted by Crippen LogP contribution is 2.36. The molecule has 1 aliphatic rings. The van der Waals surface area contributed by atoms with Crippen molar-refractivity contribution in [1.82, 2.24) is 9.55 Å². The monoisotopic (exact) mass is 285 g/mol. The molecule has 0 saturated heterocycles. The third-order valence-corrected chi connectivity index (χ3v) is 3.86. The maximum Gasteiger partial charge on any atom is 0.261 e. The van der Waals surface area contributed by atoms with E-state index in [9.17, 15) is 10.1 Å². The van der Waals surface area contributed by atoms with Gasteiger partial charge in [-0.2, -0.15) is 5.26 Å². The van der Waals surface area contributed by atoms with Gasteiger partial charge in [-0.05, 0) is 23.8 Å². The molecule has 3 aromatic rings. The normalized spacial score (nSPS) is 18.6.